The summed E-state index contributed by atoms with van der Waals surface area (Å²) in [5.41, 5.74) is 1.92. The first-order valence-corrected chi connectivity index (χ1v) is 9.13. The highest BCUT2D eigenvalue weighted by molar-refractivity contribution is 7.89. The van der Waals surface area contributed by atoms with Crippen molar-refractivity contribution in [1.82, 2.24) is 9.62 Å². The van der Waals surface area contributed by atoms with Crippen molar-refractivity contribution < 1.29 is 8.42 Å². The summed E-state index contributed by atoms with van der Waals surface area (Å²) in [6.45, 7) is 6.85. The van der Waals surface area contributed by atoms with E-state index in [2.05, 4.69) is 19.2 Å². The SMILES string of the molecule is CCc1ccc(CNC(C)C)cc1S(=O)(=O)N(C)C1CC1. The maximum absolute atomic E-state index is 12.8. The Kier molecular flexibility index (Phi) is 5.07. The molecule has 118 valence electrons. The zero-order chi connectivity index (χ0) is 15.6. The highest BCUT2D eigenvalue weighted by Crippen LogP contribution is 2.32. The molecule has 1 aromatic rings. The van der Waals surface area contributed by atoms with Gasteiger partial charge in [0.05, 0.1) is 4.90 Å². The molecule has 5 heteroatoms. The molecule has 0 aromatic heterocycles. The molecule has 0 spiro atoms. The lowest BCUT2D eigenvalue weighted by atomic mass is 10.1. The second kappa shape index (κ2) is 6.46. The molecule has 21 heavy (non-hydrogen) atoms. The van der Waals surface area contributed by atoms with Crippen LogP contribution in [-0.4, -0.2) is 31.9 Å². The van der Waals surface area contributed by atoms with Crippen molar-refractivity contribution in [2.24, 2.45) is 0 Å². The van der Waals surface area contributed by atoms with E-state index in [-0.39, 0.29) is 6.04 Å². The zero-order valence-corrected chi connectivity index (χ0v) is 14.2. The van der Waals surface area contributed by atoms with E-state index >= 15 is 0 Å². The largest absolute Gasteiger partial charge is 0.310 e. The fourth-order valence-electron chi connectivity index (χ4n) is 2.35. The smallest absolute Gasteiger partial charge is 0.243 e. The predicted molar refractivity (Wildman–Crippen MR) is 85.8 cm³/mol. The van der Waals surface area contributed by atoms with Crippen LogP contribution in [0.3, 0.4) is 0 Å². The van der Waals surface area contributed by atoms with Gasteiger partial charge >= 0.3 is 0 Å². The minimum absolute atomic E-state index is 0.192. The summed E-state index contributed by atoms with van der Waals surface area (Å²) in [5, 5.41) is 3.33. The summed E-state index contributed by atoms with van der Waals surface area (Å²) in [6.07, 6.45) is 2.68. The van der Waals surface area contributed by atoms with Crippen LogP contribution in [0.4, 0.5) is 0 Å². The van der Waals surface area contributed by atoms with Crippen LogP contribution in [0.25, 0.3) is 0 Å². The van der Waals surface area contributed by atoms with E-state index in [1.54, 1.807) is 11.4 Å². The Morgan fingerprint density at radius 1 is 1.33 bits per heavy atom. The van der Waals surface area contributed by atoms with Gasteiger partial charge in [0.15, 0.2) is 0 Å². The molecule has 0 aliphatic heterocycles. The number of nitrogens with one attached hydrogen (secondary N) is 1. The molecule has 0 heterocycles. The number of rotatable bonds is 7. The molecule has 1 N–H and O–H groups in total. The lowest BCUT2D eigenvalue weighted by Crippen LogP contribution is -2.30. The first-order chi connectivity index (χ1) is 9.86. The number of aryl methyl sites for hydroxylation is 1. The average molecular weight is 310 g/mol. The molecule has 1 saturated carbocycles. The van der Waals surface area contributed by atoms with E-state index in [9.17, 15) is 8.42 Å². The number of benzene rings is 1. The summed E-state index contributed by atoms with van der Waals surface area (Å²) < 4.78 is 27.1. The van der Waals surface area contributed by atoms with Crippen LogP contribution < -0.4 is 5.32 Å². The predicted octanol–water partition coefficient (Wildman–Crippen LogP) is 2.53. The second-order valence-electron chi connectivity index (χ2n) is 6.08. The molecule has 0 saturated heterocycles. The van der Waals surface area contributed by atoms with Crippen molar-refractivity contribution in [1.29, 1.82) is 0 Å². The highest BCUT2D eigenvalue weighted by Gasteiger charge is 2.35. The van der Waals surface area contributed by atoms with Crippen LogP contribution >= 0.6 is 0 Å². The van der Waals surface area contributed by atoms with Crippen molar-refractivity contribution in [3.8, 4) is 0 Å². The van der Waals surface area contributed by atoms with Gasteiger partial charge in [0, 0.05) is 25.7 Å². The summed E-state index contributed by atoms with van der Waals surface area (Å²) >= 11 is 0. The topological polar surface area (TPSA) is 49.4 Å². The molecule has 1 aromatic carbocycles. The Labute approximate surface area is 128 Å². The minimum Gasteiger partial charge on any atom is -0.310 e. The third-order valence-corrected chi connectivity index (χ3v) is 5.94. The third-order valence-electron chi connectivity index (χ3n) is 3.95. The monoisotopic (exact) mass is 310 g/mol. The molecular formula is C16H26N2O2S. The normalized spacial score (nSPS) is 15.9. The van der Waals surface area contributed by atoms with Crippen molar-refractivity contribution >= 4 is 10.0 Å². The minimum atomic E-state index is -3.37. The third kappa shape index (κ3) is 3.84. The van der Waals surface area contributed by atoms with Crippen LogP contribution in [0.5, 0.6) is 0 Å². The Morgan fingerprint density at radius 2 is 2.00 bits per heavy atom. The van der Waals surface area contributed by atoms with Crippen molar-refractivity contribution in [2.75, 3.05) is 7.05 Å². The number of nitrogens with zero attached hydrogens (tertiary/aromatic N) is 1. The van der Waals surface area contributed by atoms with E-state index in [0.29, 0.717) is 17.5 Å². The maximum atomic E-state index is 12.8. The average Bonchev–Trinajstić information content (AvgIpc) is 3.28. The summed E-state index contributed by atoms with van der Waals surface area (Å²) in [5.74, 6) is 0. The van der Waals surface area contributed by atoms with Gasteiger partial charge < -0.3 is 5.32 Å². The van der Waals surface area contributed by atoms with Gasteiger partial charge in [-0.25, -0.2) is 8.42 Å². The molecule has 4 nitrogen and oxygen atoms in total. The maximum Gasteiger partial charge on any atom is 0.243 e. The van der Waals surface area contributed by atoms with Gasteiger partial charge in [0.1, 0.15) is 0 Å². The number of hydrogen-bond acceptors (Lipinski definition) is 3. The molecule has 0 bridgehead atoms. The van der Waals surface area contributed by atoms with Gasteiger partial charge in [-0.15, -0.1) is 0 Å². The van der Waals surface area contributed by atoms with Crippen LogP contribution in [0.2, 0.25) is 0 Å². The molecule has 2 rings (SSSR count). The highest BCUT2D eigenvalue weighted by atomic mass is 32.2. The molecule has 0 amide bonds. The Hall–Kier alpha value is -0.910. The molecule has 0 radical (unpaired) electrons. The fraction of sp³-hybridized carbons (Fsp3) is 0.625. The molecule has 1 aliphatic rings. The quantitative estimate of drug-likeness (QED) is 0.842. The Balaban J connectivity index is 2.33. The van der Waals surface area contributed by atoms with Crippen LogP contribution in [0, 0.1) is 0 Å². The Morgan fingerprint density at radius 3 is 2.52 bits per heavy atom. The van der Waals surface area contributed by atoms with Gasteiger partial charge in [-0.05, 0) is 36.5 Å². The molecule has 0 atom stereocenters. The molecule has 0 unspecified atom stereocenters. The number of hydrogen-bond donors (Lipinski definition) is 1. The van der Waals surface area contributed by atoms with E-state index < -0.39 is 10.0 Å². The summed E-state index contributed by atoms with van der Waals surface area (Å²) in [7, 11) is -1.67. The fourth-order valence-corrected chi connectivity index (χ4v) is 4.11. The van der Waals surface area contributed by atoms with E-state index in [1.807, 2.05) is 25.1 Å². The second-order valence-corrected chi connectivity index (χ2v) is 8.05. The van der Waals surface area contributed by atoms with Gasteiger partial charge in [-0.2, -0.15) is 4.31 Å². The summed E-state index contributed by atoms with van der Waals surface area (Å²) in [4.78, 5) is 0.474. The van der Waals surface area contributed by atoms with Gasteiger partial charge in [-0.3, -0.25) is 0 Å². The van der Waals surface area contributed by atoms with Gasteiger partial charge in [0.2, 0.25) is 10.0 Å². The first-order valence-electron chi connectivity index (χ1n) is 7.69. The molecular weight excluding hydrogens is 284 g/mol. The lowest BCUT2D eigenvalue weighted by Gasteiger charge is -2.19. The molecule has 1 aliphatic carbocycles. The first kappa shape index (κ1) is 16.5. The van der Waals surface area contributed by atoms with Crippen LogP contribution in [0.15, 0.2) is 23.1 Å². The van der Waals surface area contributed by atoms with E-state index in [4.69, 9.17) is 0 Å². The summed E-state index contributed by atoms with van der Waals surface area (Å²) in [6, 6.07) is 6.37. The van der Waals surface area contributed by atoms with E-state index in [1.165, 1.54) is 0 Å². The van der Waals surface area contributed by atoms with Crippen molar-refractivity contribution in [3.05, 3.63) is 29.3 Å². The van der Waals surface area contributed by atoms with E-state index in [0.717, 1.165) is 30.4 Å². The van der Waals surface area contributed by atoms with Crippen molar-refractivity contribution in [2.45, 2.75) is 63.6 Å². The Bertz CT molecular complexity index is 592. The standard InChI is InChI=1S/C16H26N2O2S/c1-5-14-7-6-13(11-17-12(2)3)10-16(14)21(19,20)18(4)15-8-9-15/h6-7,10,12,15,17H,5,8-9,11H2,1-4H3. The van der Waals surface area contributed by atoms with Gasteiger partial charge in [0.25, 0.3) is 0 Å². The van der Waals surface area contributed by atoms with Crippen molar-refractivity contribution in [3.63, 3.8) is 0 Å². The lowest BCUT2D eigenvalue weighted by molar-refractivity contribution is 0.463. The van der Waals surface area contributed by atoms with Gasteiger partial charge in [-0.1, -0.05) is 32.9 Å². The zero-order valence-electron chi connectivity index (χ0n) is 13.4. The van der Waals surface area contributed by atoms with Crippen LogP contribution in [0.1, 0.15) is 44.7 Å². The molecule has 1 fully saturated rings. The van der Waals surface area contributed by atoms with Crippen LogP contribution in [-0.2, 0) is 23.0 Å². The number of sulfonamides is 1.